The lowest BCUT2D eigenvalue weighted by molar-refractivity contribution is 0.110. The van der Waals surface area contributed by atoms with Crippen LogP contribution in [0.1, 0.15) is 26.2 Å². The zero-order chi connectivity index (χ0) is 8.97. The van der Waals surface area contributed by atoms with Crippen LogP contribution in [0.15, 0.2) is 0 Å². The third-order valence-corrected chi connectivity index (χ3v) is 2.23. The Morgan fingerprint density at radius 3 is 2.75 bits per heavy atom. The molecule has 0 aromatic rings. The zero-order valence-corrected chi connectivity index (χ0v) is 7.88. The molecule has 3 heteroatoms. The van der Waals surface area contributed by atoms with Crippen molar-refractivity contribution in [2.24, 2.45) is 5.92 Å². The van der Waals surface area contributed by atoms with Gasteiger partial charge in [-0.3, -0.25) is 0 Å². The molecule has 0 saturated heterocycles. The Hall–Kier alpha value is -0.730. The summed E-state index contributed by atoms with van der Waals surface area (Å²) in [7, 11) is 1.75. The molecule has 0 radical (unpaired) electrons. The summed E-state index contributed by atoms with van der Waals surface area (Å²) in [4.78, 5) is 12.7. The maximum atomic E-state index is 11.1. The quantitative estimate of drug-likeness (QED) is 0.646. The minimum Gasteiger partial charge on any atom is -0.449 e. The van der Waals surface area contributed by atoms with Gasteiger partial charge in [-0.25, -0.2) is 4.79 Å². The fourth-order valence-corrected chi connectivity index (χ4v) is 0.959. The highest BCUT2D eigenvalue weighted by atomic mass is 16.6. The zero-order valence-electron chi connectivity index (χ0n) is 7.88. The van der Waals surface area contributed by atoms with Crippen molar-refractivity contribution in [3.63, 3.8) is 0 Å². The van der Waals surface area contributed by atoms with Crippen molar-refractivity contribution in [2.45, 2.75) is 26.2 Å². The molecule has 1 aliphatic carbocycles. The van der Waals surface area contributed by atoms with Gasteiger partial charge >= 0.3 is 6.09 Å². The van der Waals surface area contributed by atoms with Crippen LogP contribution in [0.2, 0.25) is 0 Å². The predicted molar refractivity (Wildman–Crippen MR) is 47.0 cm³/mol. The van der Waals surface area contributed by atoms with Gasteiger partial charge in [0.05, 0.1) is 6.61 Å². The summed E-state index contributed by atoms with van der Waals surface area (Å²) in [5.74, 6) is 0.838. The largest absolute Gasteiger partial charge is 0.449 e. The van der Waals surface area contributed by atoms with Gasteiger partial charge in [-0.1, -0.05) is 12.8 Å². The first-order chi connectivity index (χ1) is 5.74. The normalized spacial score (nSPS) is 15.8. The van der Waals surface area contributed by atoms with E-state index < -0.39 is 0 Å². The van der Waals surface area contributed by atoms with Crippen LogP contribution < -0.4 is 0 Å². The van der Waals surface area contributed by atoms with E-state index in [0.29, 0.717) is 13.2 Å². The van der Waals surface area contributed by atoms with Gasteiger partial charge in [0.1, 0.15) is 0 Å². The van der Waals surface area contributed by atoms with E-state index in [4.69, 9.17) is 4.74 Å². The molecule has 70 valence electrons. The van der Waals surface area contributed by atoms with E-state index >= 15 is 0 Å². The van der Waals surface area contributed by atoms with Crippen LogP contribution in [0.5, 0.6) is 0 Å². The summed E-state index contributed by atoms with van der Waals surface area (Å²) >= 11 is 0. The Morgan fingerprint density at radius 2 is 2.25 bits per heavy atom. The van der Waals surface area contributed by atoms with Crippen LogP contribution in [0.25, 0.3) is 0 Å². The molecule has 12 heavy (non-hydrogen) atoms. The molecular weight excluding hydrogens is 154 g/mol. The van der Waals surface area contributed by atoms with E-state index in [1.54, 1.807) is 11.9 Å². The second-order valence-corrected chi connectivity index (χ2v) is 3.36. The van der Waals surface area contributed by atoms with Crippen molar-refractivity contribution in [3.05, 3.63) is 0 Å². The van der Waals surface area contributed by atoms with E-state index in [-0.39, 0.29) is 6.09 Å². The molecule has 0 aromatic heterocycles. The Morgan fingerprint density at radius 1 is 1.58 bits per heavy atom. The number of hydrogen-bond acceptors (Lipinski definition) is 2. The number of nitrogens with zero attached hydrogens (tertiary/aromatic N) is 1. The van der Waals surface area contributed by atoms with Gasteiger partial charge in [0.15, 0.2) is 0 Å². The molecule has 0 aliphatic heterocycles. The van der Waals surface area contributed by atoms with Gasteiger partial charge in [-0.2, -0.15) is 0 Å². The van der Waals surface area contributed by atoms with E-state index in [1.165, 1.54) is 12.8 Å². The summed E-state index contributed by atoms with van der Waals surface area (Å²) < 4.78 is 5.03. The number of amides is 1. The molecule has 1 amide bonds. The van der Waals surface area contributed by atoms with Crippen LogP contribution >= 0.6 is 0 Å². The number of rotatable bonds is 4. The molecule has 0 atom stereocenters. The third kappa shape index (κ3) is 3.11. The maximum Gasteiger partial charge on any atom is 0.409 e. The molecule has 0 heterocycles. The Balaban J connectivity index is 2.00. The number of hydrogen-bond donors (Lipinski definition) is 0. The summed E-state index contributed by atoms with van der Waals surface area (Å²) in [6, 6.07) is 0. The molecule has 1 saturated carbocycles. The summed E-state index contributed by atoms with van der Waals surface area (Å²) in [5, 5.41) is 0. The van der Waals surface area contributed by atoms with Crippen molar-refractivity contribution < 1.29 is 9.53 Å². The lowest BCUT2D eigenvalue weighted by Gasteiger charge is -2.13. The van der Waals surface area contributed by atoms with Gasteiger partial charge in [0, 0.05) is 13.6 Å². The fourth-order valence-electron chi connectivity index (χ4n) is 0.959. The van der Waals surface area contributed by atoms with Crippen LogP contribution in [0, 0.1) is 5.92 Å². The number of carbonyl (C=O) groups is 1. The van der Waals surface area contributed by atoms with Gasteiger partial charge in [-0.15, -0.1) is 0 Å². The van der Waals surface area contributed by atoms with E-state index in [9.17, 15) is 4.79 Å². The molecular formula is C9H17NO2. The predicted octanol–water partition coefficient (Wildman–Crippen LogP) is 1.87. The SMILES string of the molecule is CCN(C)C(=O)OCCC1CC1. The first-order valence-electron chi connectivity index (χ1n) is 4.62. The Kier molecular flexibility index (Phi) is 3.38. The molecule has 0 aromatic carbocycles. The molecule has 0 N–H and O–H groups in total. The maximum absolute atomic E-state index is 11.1. The monoisotopic (exact) mass is 171 g/mol. The molecule has 0 spiro atoms. The van der Waals surface area contributed by atoms with Gasteiger partial charge in [-0.05, 0) is 19.3 Å². The number of ether oxygens (including phenoxy) is 1. The highest BCUT2D eigenvalue weighted by Crippen LogP contribution is 2.32. The summed E-state index contributed by atoms with van der Waals surface area (Å²) in [6.45, 7) is 3.23. The summed E-state index contributed by atoms with van der Waals surface area (Å²) in [6.07, 6.45) is 3.49. The smallest absolute Gasteiger partial charge is 0.409 e. The lowest BCUT2D eigenvalue weighted by Crippen LogP contribution is -2.27. The van der Waals surface area contributed by atoms with Crippen molar-refractivity contribution >= 4 is 6.09 Å². The molecule has 1 aliphatic rings. The first kappa shape index (κ1) is 9.36. The lowest BCUT2D eigenvalue weighted by atomic mass is 10.3. The van der Waals surface area contributed by atoms with Crippen LogP contribution in [-0.2, 0) is 4.74 Å². The second-order valence-electron chi connectivity index (χ2n) is 3.36. The molecule has 1 rings (SSSR count). The molecule has 3 nitrogen and oxygen atoms in total. The standard InChI is InChI=1S/C9H17NO2/c1-3-10(2)9(11)12-7-6-8-4-5-8/h8H,3-7H2,1-2H3. The van der Waals surface area contributed by atoms with Crippen molar-refractivity contribution in [3.8, 4) is 0 Å². The van der Waals surface area contributed by atoms with Crippen LogP contribution in [-0.4, -0.2) is 31.2 Å². The topological polar surface area (TPSA) is 29.5 Å². The van der Waals surface area contributed by atoms with Gasteiger partial charge in [0.2, 0.25) is 0 Å². The molecule has 0 bridgehead atoms. The molecule has 0 unspecified atom stereocenters. The summed E-state index contributed by atoms with van der Waals surface area (Å²) in [5.41, 5.74) is 0. The second kappa shape index (κ2) is 4.33. The van der Waals surface area contributed by atoms with Crippen molar-refractivity contribution in [1.29, 1.82) is 0 Å². The van der Waals surface area contributed by atoms with E-state index in [2.05, 4.69) is 0 Å². The Labute approximate surface area is 73.7 Å². The average molecular weight is 171 g/mol. The number of carbonyl (C=O) groups excluding carboxylic acids is 1. The molecule has 1 fully saturated rings. The highest BCUT2D eigenvalue weighted by Gasteiger charge is 2.21. The Bertz CT molecular complexity index is 155. The fraction of sp³-hybridized carbons (Fsp3) is 0.889. The minimum absolute atomic E-state index is 0.196. The van der Waals surface area contributed by atoms with Crippen LogP contribution in [0.4, 0.5) is 4.79 Å². The highest BCUT2D eigenvalue weighted by molar-refractivity contribution is 5.67. The van der Waals surface area contributed by atoms with E-state index in [1.807, 2.05) is 6.92 Å². The van der Waals surface area contributed by atoms with Gasteiger partial charge in [0.25, 0.3) is 0 Å². The van der Waals surface area contributed by atoms with E-state index in [0.717, 1.165) is 12.3 Å². The third-order valence-electron chi connectivity index (χ3n) is 2.23. The van der Waals surface area contributed by atoms with Crippen molar-refractivity contribution in [2.75, 3.05) is 20.2 Å². The van der Waals surface area contributed by atoms with Gasteiger partial charge < -0.3 is 9.64 Å². The average Bonchev–Trinajstić information content (AvgIpc) is 2.86. The van der Waals surface area contributed by atoms with Crippen LogP contribution in [0.3, 0.4) is 0 Å². The van der Waals surface area contributed by atoms with Crippen molar-refractivity contribution in [1.82, 2.24) is 4.90 Å². The first-order valence-corrected chi connectivity index (χ1v) is 4.62. The minimum atomic E-state index is -0.196.